The standard InChI is InChI=1S/C20H24N4O3/c1-12(11-22-19(26)27-20(2,3)4)23-18(25)17-16-14(9-10-21-17)13-7-5-6-8-15(13)24-16/h5-10,12,24H,11H2,1-4H3,(H,22,26)(H,23,25). The molecule has 3 aromatic rings. The molecule has 0 aliphatic carbocycles. The van der Waals surface area contributed by atoms with Crippen molar-refractivity contribution in [2.24, 2.45) is 0 Å². The first-order valence-electron chi connectivity index (χ1n) is 8.88. The molecule has 3 N–H and O–H groups in total. The van der Waals surface area contributed by atoms with Gasteiger partial charge >= 0.3 is 6.09 Å². The van der Waals surface area contributed by atoms with E-state index in [-0.39, 0.29) is 18.5 Å². The zero-order chi connectivity index (χ0) is 19.6. The Labute approximate surface area is 157 Å². The highest BCUT2D eigenvalue weighted by Crippen LogP contribution is 2.26. The minimum atomic E-state index is -0.564. The molecule has 3 rings (SSSR count). The van der Waals surface area contributed by atoms with E-state index in [1.165, 1.54) is 0 Å². The molecule has 7 nitrogen and oxygen atoms in total. The number of para-hydroxylation sites is 1. The molecule has 1 atom stereocenters. The molecule has 1 aromatic carbocycles. The maximum atomic E-state index is 12.7. The number of pyridine rings is 1. The summed E-state index contributed by atoms with van der Waals surface area (Å²) < 4.78 is 5.19. The molecule has 2 heterocycles. The average Bonchev–Trinajstić information content (AvgIpc) is 2.97. The number of aromatic amines is 1. The van der Waals surface area contributed by atoms with Crippen LogP contribution in [-0.4, -0.2) is 40.2 Å². The van der Waals surface area contributed by atoms with Gasteiger partial charge in [0.05, 0.1) is 5.52 Å². The second-order valence-corrected chi connectivity index (χ2v) is 7.51. The molecular weight excluding hydrogens is 344 g/mol. The Hall–Kier alpha value is -3.09. The molecule has 2 aromatic heterocycles. The van der Waals surface area contributed by atoms with Crippen LogP contribution in [0.2, 0.25) is 0 Å². The first-order valence-corrected chi connectivity index (χ1v) is 8.88. The van der Waals surface area contributed by atoms with Crippen LogP contribution in [0, 0.1) is 0 Å². The fourth-order valence-corrected chi connectivity index (χ4v) is 2.84. The van der Waals surface area contributed by atoms with E-state index in [4.69, 9.17) is 4.74 Å². The Morgan fingerprint density at radius 2 is 1.93 bits per heavy atom. The third-order valence-electron chi connectivity index (χ3n) is 3.97. The van der Waals surface area contributed by atoms with Gasteiger partial charge in [0, 0.05) is 35.1 Å². The summed E-state index contributed by atoms with van der Waals surface area (Å²) in [6, 6.07) is 9.47. The number of H-pyrrole nitrogens is 1. The second kappa shape index (κ2) is 7.26. The van der Waals surface area contributed by atoms with Crippen molar-refractivity contribution in [2.75, 3.05) is 6.54 Å². The van der Waals surface area contributed by atoms with Crippen LogP contribution in [0.15, 0.2) is 36.5 Å². The summed E-state index contributed by atoms with van der Waals surface area (Å²) in [5.41, 5.74) is 1.41. The molecule has 7 heteroatoms. The van der Waals surface area contributed by atoms with Gasteiger partial charge in [0.2, 0.25) is 0 Å². The number of alkyl carbamates (subject to hydrolysis) is 1. The molecule has 27 heavy (non-hydrogen) atoms. The van der Waals surface area contributed by atoms with Crippen LogP contribution in [0.1, 0.15) is 38.2 Å². The van der Waals surface area contributed by atoms with Gasteiger partial charge in [-0.05, 0) is 39.8 Å². The minimum Gasteiger partial charge on any atom is -0.444 e. The van der Waals surface area contributed by atoms with E-state index in [0.29, 0.717) is 11.2 Å². The highest BCUT2D eigenvalue weighted by atomic mass is 16.6. The number of carbonyl (C=O) groups excluding carboxylic acids is 2. The normalized spacial score (nSPS) is 12.7. The van der Waals surface area contributed by atoms with Crippen molar-refractivity contribution in [1.29, 1.82) is 0 Å². The fourth-order valence-electron chi connectivity index (χ4n) is 2.84. The summed E-state index contributed by atoms with van der Waals surface area (Å²) in [6.07, 6.45) is 1.11. The molecule has 2 amide bonds. The Balaban J connectivity index is 1.70. The molecule has 1 unspecified atom stereocenters. The van der Waals surface area contributed by atoms with E-state index in [1.54, 1.807) is 33.9 Å². The average molecular weight is 368 g/mol. The van der Waals surface area contributed by atoms with Crippen molar-refractivity contribution in [2.45, 2.75) is 39.3 Å². The van der Waals surface area contributed by atoms with E-state index in [2.05, 4.69) is 20.6 Å². The zero-order valence-electron chi connectivity index (χ0n) is 15.9. The van der Waals surface area contributed by atoms with Crippen LogP contribution >= 0.6 is 0 Å². The van der Waals surface area contributed by atoms with Crippen LogP contribution in [0.25, 0.3) is 21.8 Å². The van der Waals surface area contributed by atoms with Gasteiger partial charge in [-0.3, -0.25) is 4.79 Å². The number of ether oxygens (including phenoxy) is 1. The molecule has 0 spiro atoms. The van der Waals surface area contributed by atoms with Crippen molar-refractivity contribution >= 4 is 33.8 Å². The van der Waals surface area contributed by atoms with Crippen molar-refractivity contribution in [3.63, 3.8) is 0 Å². The number of carbonyl (C=O) groups is 2. The first-order chi connectivity index (χ1) is 12.7. The predicted octanol–water partition coefficient (Wildman–Crippen LogP) is 3.36. The lowest BCUT2D eigenvalue weighted by atomic mass is 10.1. The van der Waals surface area contributed by atoms with Crippen LogP contribution in [0.4, 0.5) is 4.79 Å². The van der Waals surface area contributed by atoms with Crippen LogP contribution in [0.5, 0.6) is 0 Å². The Kier molecular flexibility index (Phi) is 5.03. The minimum absolute atomic E-state index is 0.253. The molecular formula is C20H24N4O3. The van der Waals surface area contributed by atoms with Gasteiger partial charge < -0.3 is 20.4 Å². The number of aromatic nitrogens is 2. The van der Waals surface area contributed by atoms with E-state index >= 15 is 0 Å². The lowest BCUT2D eigenvalue weighted by molar-refractivity contribution is 0.0521. The Bertz CT molecular complexity index is 988. The molecule has 0 saturated carbocycles. The molecule has 0 aliphatic heterocycles. The quantitative estimate of drug-likeness (QED) is 0.658. The summed E-state index contributed by atoms with van der Waals surface area (Å²) in [4.78, 5) is 31.9. The van der Waals surface area contributed by atoms with Gasteiger partial charge in [-0.15, -0.1) is 0 Å². The van der Waals surface area contributed by atoms with E-state index in [1.807, 2.05) is 30.3 Å². The van der Waals surface area contributed by atoms with Crippen LogP contribution in [0.3, 0.4) is 0 Å². The molecule has 0 radical (unpaired) electrons. The monoisotopic (exact) mass is 368 g/mol. The number of amides is 2. The number of benzene rings is 1. The number of rotatable bonds is 4. The molecule has 0 aliphatic rings. The third kappa shape index (κ3) is 4.36. The van der Waals surface area contributed by atoms with E-state index in [0.717, 1.165) is 16.3 Å². The third-order valence-corrected chi connectivity index (χ3v) is 3.97. The number of fused-ring (bicyclic) bond motifs is 3. The van der Waals surface area contributed by atoms with Crippen molar-refractivity contribution in [3.8, 4) is 0 Å². The van der Waals surface area contributed by atoms with Crippen molar-refractivity contribution in [1.82, 2.24) is 20.6 Å². The maximum absolute atomic E-state index is 12.7. The fraction of sp³-hybridized carbons (Fsp3) is 0.350. The SMILES string of the molecule is CC(CNC(=O)OC(C)(C)C)NC(=O)c1nccc2c1[nH]c1ccccc12. The summed E-state index contributed by atoms with van der Waals surface area (Å²) in [5, 5.41) is 7.50. The lowest BCUT2D eigenvalue weighted by Gasteiger charge is -2.21. The smallest absolute Gasteiger partial charge is 0.407 e. The number of hydrogen-bond donors (Lipinski definition) is 3. The summed E-state index contributed by atoms with van der Waals surface area (Å²) in [6.45, 7) is 7.45. The maximum Gasteiger partial charge on any atom is 0.407 e. The van der Waals surface area contributed by atoms with Crippen LogP contribution < -0.4 is 10.6 Å². The molecule has 142 valence electrons. The van der Waals surface area contributed by atoms with E-state index < -0.39 is 11.7 Å². The van der Waals surface area contributed by atoms with Crippen molar-refractivity contribution < 1.29 is 14.3 Å². The zero-order valence-corrected chi connectivity index (χ0v) is 15.9. The van der Waals surface area contributed by atoms with Gasteiger partial charge in [0.1, 0.15) is 5.60 Å². The molecule has 0 fully saturated rings. The topological polar surface area (TPSA) is 96.1 Å². The second-order valence-electron chi connectivity index (χ2n) is 7.51. The Morgan fingerprint density at radius 1 is 1.19 bits per heavy atom. The predicted molar refractivity (Wildman–Crippen MR) is 105 cm³/mol. The van der Waals surface area contributed by atoms with Gasteiger partial charge in [-0.2, -0.15) is 0 Å². The molecule has 0 bridgehead atoms. The Morgan fingerprint density at radius 3 is 2.67 bits per heavy atom. The summed E-state index contributed by atoms with van der Waals surface area (Å²) in [7, 11) is 0. The largest absolute Gasteiger partial charge is 0.444 e. The highest BCUT2D eigenvalue weighted by molar-refractivity contribution is 6.13. The van der Waals surface area contributed by atoms with Gasteiger partial charge in [-0.25, -0.2) is 9.78 Å². The molecule has 0 saturated heterocycles. The number of nitrogens with one attached hydrogen (secondary N) is 3. The number of nitrogens with zero attached hydrogens (tertiary/aromatic N) is 1. The van der Waals surface area contributed by atoms with Gasteiger partial charge in [0.25, 0.3) is 5.91 Å². The summed E-state index contributed by atoms with van der Waals surface area (Å²) in [5.74, 6) is -0.300. The number of hydrogen-bond acceptors (Lipinski definition) is 4. The summed E-state index contributed by atoms with van der Waals surface area (Å²) >= 11 is 0. The van der Waals surface area contributed by atoms with Gasteiger partial charge in [0.15, 0.2) is 5.69 Å². The van der Waals surface area contributed by atoms with Crippen LogP contribution in [-0.2, 0) is 4.74 Å². The van der Waals surface area contributed by atoms with Crippen molar-refractivity contribution in [3.05, 3.63) is 42.2 Å². The first kappa shape index (κ1) is 18.7. The highest BCUT2D eigenvalue weighted by Gasteiger charge is 2.19. The van der Waals surface area contributed by atoms with Gasteiger partial charge in [-0.1, -0.05) is 18.2 Å². The lowest BCUT2D eigenvalue weighted by Crippen LogP contribution is -2.43. The van der Waals surface area contributed by atoms with E-state index in [9.17, 15) is 9.59 Å².